The van der Waals surface area contributed by atoms with Crippen LogP contribution in [-0.4, -0.2) is 133 Å². The van der Waals surface area contributed by atoms with E-state index in [-0.39, 0.29) is 66.1 Å². The summed E-state index contributed by atoms with van der Waals surface area (Å²) in [4.78, 5) is 88.3. The molecule has 0 radical (unpaired) electrons. The van der Waals surface area contributed by atoms with E-state index in [1.165, 1.54) is 36.5 Å². The summed E-state index contributed by atoms with van der Waals surface area (Å²) in [6, 6.07) is 7.83. The highest BCUT2D eigenvalue weighted by Gasteiger charge is 2.81. The Balaban J connectivity index is 0.000000169. The second kappa shape index (κ2) is 21.5. The maximum absolute atomic E-state index is 17.5. The van der Waals surface area contributed by atoms with Crippen LogP contribution in [0.25, 0.3) is 0 Å². The van der Waals surface area contributed by atoms with Gasteiger partial charge in [-0.15, -0.1) is 22.7 Å². The van der Waals surface area contributed by atoms with Crippen LogP contribution in [0.1, 0.15) is 103 Å². The van der Waals surface area contributed by atoms with Gasteiger partial charge in [-0.2, -0.15) is 10.1 Å². The number of fused-ring (bicyclic) bond motifs is 14. The predicted molar refractivity (Wildman–Crippen MR) is 292 cm³/mol. The highest BCUT2D eigenvalue weighted by Crippen LogP contribution is 2.75. The van der Waals surface area contributed by atoms with Crippen LogP contribution in [0.4, 0.5) is 17.6 Å². The molecule has 2 aromatic rings. The number of halogens is 5. The number of ether oxygens (including phenoxy) is 1. The van der Waals surface area contributed by atoms with Gasteiger partial charge in [0.05, 0.1) is 25.3 Å². The zero-order chi connectivity index (χ0) is 58.6. The first kappa shape index (κ1) is 60.0. The van der Waals surface area contributed by atoms with E-state index in [4.69, 9.17) is 26.0 Å². The number of ketones is 4. The van der Waals surface area contributed by atoms with E-state index in [2.05, 4.69) is 0 Å². The SMILES string of the molecule is CCC(=O)Cl.CCC(=O)OCC(=O)[C@@]12ON(Cc3cccs3)C[C@@H]1C[C@H]1[C@@H]3C[C@H](F)C4=CC(=O)C=C[C@]4(C)[C@@]3(F)[C@@H](O)C[C@@]12C.C[C@]12C=CC(=O)C=C1[C@@H](F)C[C@H]1[C@@H]3C[C@H]4CN(Cc5cccs5)O[C@@]4(C(=O)CO)[C@@]3(C)C[C@H](O)[C@@]12F. The van der Waals surface area contributed by atoms with Crippen LogP contribution in [0.15, 0.2) is 82.6 Å². The molecule has 440 valence electrons. The summed E-state index contributed by atoms with van der Waals surface area (Å²) in [7, 11) is 0. The van der Waals surface area contributed by atoms with Crippen molar-refractivity contribution in [1.29, 1.82) is 0 Å². The first-order valence-corrected chi connectivity index (χ1v) is 30.2. The molecule has 0 unspecified atom stereocenters. The van der Waals surface area contributed by atoms with Crippen molar-refractivity contribution in [2.75, 3.05) is 26.3 Å². The fourth-order valence-corrected chi connectivity index (χ4v) is 18.9. The van der Waals surface area contributed by atoms with Gasteiger partial charge < -0.3 is 20.1 Å². The lowest BCUT2D eigenvalue weighted by molar-refractivity contribution is -0.269. The lowest BCUT2D eigenvalue weighted by Gasteiger charge is -2.63. The van der Waals surface area contributed by atoms with Gasteiger partial charge in [0, 0.05) is 81.0 Å². The van der Waals surface area contributed by atoms with E-state index in [1.807, 2.05) is 48.9 Å². The van der Waals surface area contributed by atoms with E-state index < -0.39 is 129 Å². The minimum atomic E-state index is -2.24. The molecule has 81 heavy (non-hydrogen) atoms. The second-order valence-electron chi connectivity index (χ2n) is 24.8. The predicted octanol–water partition coefficient (Wildman–Crippen LogP) is 8.80. The first-order chi connectivity index (χ1) is 38.2. The number of aliphatic hydroxyl groups is 3. The summed E-state index contributed by atoms with van der Waals surface area (Å²) in [5.41, 5.74) is -12.2. The number of aliphatic hydroxyl groups excluding tert-OH is 3. The number of Topliss-reactive ketones (excluding diaryl/α,β-unsaturated/α-hetero) is 2. The van der Waals surface area contributed by atoms with Crippen LogP contribution in [-0.2, 0) is 56.3 Å². The molecule has 2 saturated heterocycles. The van der Waals surface area contributed by atoms with Crippen LogP contribution < -0.4 is 0 Å². The number of rotatable bonds is 11. The summed E-state index contributed by atoms with van der Waals surface area (Å²) in [6.45, 7) is 10.7. The topological polar surface area (TPSA) is 197 Å². The summed E-state index contributed by atoms with van der Waals surface area (Å²) < 4.78 is 71.6. The van der Waals surface area contributed by atoms with Crippen LogP contribution in [0.5, 0.6) is 0 Å². The van der Waals surface area contributed by atoms with Gasteiger partial charge in [-0.05, 0) is 134 Å². The number of hydrogen-bond donors (Lipinski definition) is 3. The molecular formula is C60H71ClF4N2O12S2. The van der Waals surface area contributed by atoms with E-state index in [0.717, 1.165) is 9.75 Å². The number of allylic oxidation sites excluding steroid dienone is 8. The maximum Gasteiger partial charge on any atom is 0.305 e. The van der Waals surface area contributed by atoms with E-state index in [1.54, 1.807) is 60.5 Å². The summed E-state index contributed by atoms with van der Waals surface area (Å²) in [5, 5.41) is 40.3. The van der Waals surface area contributed by atoms with Gasteiger partial charge in [-0.1, -0.05) is 52.0 Å². The van der Waals surface area contributed by atoms with E-state index in [0.29, 0.717) is 45.4 Å². The normalized spacial score (nSPS) is 43.3. The Kier molecular flexibility index (Phi) is 15.9. The third-order valence-corrected chi connectivity index (χ3v) is 23.1. The van der Waals surface area contributed by atoms with E-state index in [9.17, 15) is 44.1 Å². The fraction of sp³-hybridized carbons (Fsp3) is 0.633. The van der Waals surface area contributed by atoms with Crippen LogP contribution in [0.3, 0.4) is 0 Å². The van der Waals surface area contributed by atoms with Crippen LogP contribution in [0, 0.1) is 57.2 Å². The molecule has 12 rings (SSSR count). The van der Waals surface area contributed by atoms with Crippen LogP contribution >= 0.6 is 34.3 Å². The number of nitrogens with zero attached hydrogens (tertiary/aromatic N) is 2. The zero-order valence-electron chi connectivity index (χ0n) is 46.2. The second-order valence-corrected chi connectivity index (χ2v) is 27.3. The lowest BCUT2D eigenvalue weighted by Crippen LogP contribution is -2.70. The highest BCUT2D eigenvalue weighted by molar-refractivity contribution is 7.10. The number of thiophene rings is 2. The molecule has 8 fully saturated rings. The minimum absolute atomic E-state index is 0.0650. The third kappa shape index (κ3) is 8.81. The fourth-order valence-electron chi connectivity index (χ4n) is 17.5. The minimum Gasteiger partial charge on any atom is -0.458 e. The molecule has 0 aromatic carbocycles. The van der Waals surface area contributed by atoms with Crippen molar-refractivity contribution in [2.24, 2.45) is 57.2 Å². The average molecular weight is 1190 g/mol. The van der Waals surface area contributed by atoms with Gasteiger partial charge in [0.1, 0.15) is 19.0 Å². The molecule has 0 spiro atoms. The standard InChI is InChI=1S/C30H35F2NO6S.C27H31F2NO5S.C3H5ClO/c1-4-26(37)38-16-25(36)30-17(14-33(39-30)15-19-6-5-9-40-19)10-20-21-12-23(31)22-11-18(34)7-8-27(22,2)29(21,32)24(35)13-28(20,30)3;1-24-6-5-16(32)9-20(24)21(28)10-19-18-8-15-12-30(13-17-4-3-7-36-17)35-27(15,23(34)14-31)25(18,2)11-22(33)26(19,24)29;1-2-3(4)5/h5-9,11,17,20-21,23-24,35H,4,10,12-16H2,1-3H3;3-7,9,15,18-19,21-22,31,33H,8,10-14H2,1-2H3;2H2,1H3/t17-,20-,21-,23-,24-,27-,28-,29-,30-;15-,18-,19-,21-,22-,24-,25-,26-,27-;/m00./s1. The molecule has 2 aliphatic heterocycles. The number of hydrogen-bond acceptors (Lipinski definition) is 16. The first-order valence-electron chi connectivity index (χ1n) is 28.1. The van der Waals surface area contributed by atoms with Crippen molar-refractivity contribution >= 4 is 68.6 Å². The molecule has 10 aliphatic rings. The third-order valence-electron chi connectivity index (χ3n) is 21.1. The van der Waals surface area contributed by atoms with Crippen molar-refractivity contribution < 1.29 is 76.1 Å². The lowest BCUT2D eigenvalue weighted by atomic mass is 9.44. The molecular weight excluding hydrogens is 1120 g/mol. The molecule has 3 N–H and O–H groups in total. The number of alkyl halides is 4. The molecule has 6 saturated carbocycles. The van der Waals surface area contributed by atoms with E-state index >= 15 is 17.6 Å². The number of esters is 1. The molecule has 4 heterocycles. The average Bonchev–Trinajstić information content (AvgIpc) is 1.86. The highest BCUT2D eigenvalue weighted by atomic mass is 35.5. The summed E-state index contributed by atoms with van der Waals surface area (Å²) in [5.74, 6) is -5.61. The van der Waals surface area contributed by atoms with Crippen molar-refractivity contribution in [3.05, 3.63) is 92.4 Å². The van der Waals surface area contributed by atoms with Crippen molar-refractivity contribution in [3.8, 4) is 0 Å². The van der Waals surface area contributed by atoms with Crippen molar-refractivity contribution in [2.45, 2.75) is 153 Å². The molecule has 21 heteroatoms. The molecule has 8 aliphatic carbocycles. The smallest absolute Gasteiger partial charge is 0.305 e. The van der Waals surface area contributed by atoms with Crippen molar-refractivity contribution in [1.82, 2.24) is 10.1 Å². The number of carbonyl (C=O) groups is 6. The molecule has 14 nitrogen and oxygen atoms in total. The molecule has 2 aromatic heterocycles. The van der Waals surface area contributed by atoms with Crippen molar-refractivity contribution in [3.63, 3.8) is 0 Å². The Morgan fingerprint density at radius 3 is 1.48 bits per heavy atom. The van der Waals surface area contributed by atoms with Gasteiger partial charge in [0.25, 0.3) is 0 Å². The van der Waals surface area contributed by atoms with Crippen LogP contribution in [0.2, 0.25) is 0 Å². The number of carbonyl (C=O) groups excluding carboxylic acids is 6. The Labute approximate surface area is 481 Å². The number of hydroxylamine groups is 4. The summed E-state index contributed by atoms with van der Waals surface area (Å²) in [6.07, 6.45) is 2.37. The maximum atomic E-state index is 17.5. The molecule has 0 bridgehead atoms. The zero-order valence-corrected chi connectivity index (χ0v) is 48.6. The Morgan fingerprint density at radius 1 is 0.691 bits per heavy atom. The van der Waals surface area contributed by atoms with Gasteiger partial charge >= 0.3 is 5.97 Å². The van der Waals surface area contributed by atoms with Gasteiger partial charge in [-0.3, -0.25) is 38.4 Å². The Hall–Kier alpha value is -4.09. The Bertz CT molecular complexity index is 2980. The monoisotopic (exact) mass is 1190 g/mol. The Morgan fingerprint density at radius 2 is 1.11 bits per heavy atom. The van der Waals surface area contributed by atoms with Gasteiger partial charge in [-0.25, -0.2) is 17.6 Å². The quantitative estimate of drug-likeness (QED) is 0.110. The molecule has 0 amide bonds. The largest absolute Gasteiger partial charge is 0.458 e. The van der Waals surface area contributed by atoms with Gasteiger partial charge in [0.15, 0.2) is 46.5 Å². The van der Waals surface area contributed by atoms with Gasteiger partial charge in [0.2, 0.25) is 11.0 Å². The summed E-state index contributed by atoms with van der Waals surface area (Å²) >= 11 is 7.96. The molecule has 18 atom stereocenters.